The van der Waals surface area contributed by atoms with Crippen molar-refractivity contribution in [2.45, 2.75) is 6.42 Å². The molecule has 0 radical (unpaired) electrons. The average Bonchev–Trinajstić information content (AvgIpc) is 2.98. The highest BCUT2D eigenvalue weighted by molar-refractivity contribution is 7.13. The van der Waals surface area contributed by atoms with Crippen LogP contribution >= 0.6 is 11.3 Å². The molecule has 7 nitrogen and oxygen atoms in total. The number of carboxylic acid groups (broad SMARTS) is 1. The molecule has 134 valence electrons. The predicted octanol–water partition coefficient (Wildman–Crippen LogP) is 1.81. The van der Waals surface area contributed by atoms with Gasteiger partial charge in [0.05, 0.1) is 17.7 Å². The monoisotopic (exact) mass is 372 g/mol. The number of carbonyl (C=O) groups excluding carboxylic acids is 1. The Morgan fingerprint density at radius 3 is 2.60 bits per heavy atom. The van der Waals surface area contributed by atoms with Gasteiger partial charge in [0.15, 0.2) is 6.79 Å². The van der Waals surface area contributed by atoms with E-state index in [1.165, 1.54) is 12.5 Å². The van der Waals surface area contributed by atoms with Gasteiger partial charge in [-0.1, -0.05) is 0 Å². The van der Waals surface area contributed by atoms with Gasteiger partial charge >= 0.3 is 5.97 Å². The third kappa shape index (κ3) is 5.19. The Bertz CT molecular complexity index is 758. The lowest BCUT2D eigenvalue weighted by molar-refractivity contribution is -0.137. The van der Waals surface area contributed by atoms with Crippen LogP contribution in [0.1, 0.15) is 5.69 Å². The third-order valence-corrected chi connectivity index (χ3v) is 3.81. The number of methoxy groups -OCH3 is 1. The number of carboxylic acids is 1. The molecule has 0 bridgehead atoms. The molecule has 10 heteroatoms. The van der Waals surface area contributed by atoms with Crippen LogP contribution in [0.15, 0.2) is 17.5 Å². The molecule has 0 atom stereocenters. The average molecular weight is 372 g/mol. The Kier molecular flexibility index (Phi) is 6.37. The summed E-state index contributed by atoms with van der Waals surface area (Å²) in [4.78, 5) is 26.0. The van der Waals surface area contributed by atoms with E-state index in [2.05, 4.69) is 15.0 Å². The third-order valence-electron chi connectivity index (χ3n) is 2.90. The zero-order chi connectivity index (χ0) is 18.4. The minimum Gasteiger partial charge on any atom is -0.480 e. The fourth-order valence-corrected chi connectivity index (χ4v) is 2.74. The van der Waals surface area contributed by atoms with Gasteiger partial charge in [0.25, 0.3) is 0 Å². The van der Waals surface area contributed by atoms with Crippen molar-refractivity contribution < 1.29 is 33.0 Å². The van der Waals surface area contributed by atoms with E-state index < -0.39 is 30.1 Å². The maximum atomic E-state index is 14.2. The summed E-state index contributed by atoms with van der Waals surface area (Å²) in [5.74, 6) is -3.47. The molecule has 0 unspecified atom stereocenters. The number of ether oxygens (including phenoxy) is 2. The Labute approximate surface area is 145 Å². The van der Waals surface area contributed by atoms with Crippen molar-refractivity contribution >= 4 is 23.2 Å². The van der Waals surface area contributed by atoms with E-state index in [-0.39, 0.29) is 35.2 Å². The maximum absolute atomic E-state index is 14.2. The van der Waals surface area contributed by atoms with Crippen LogP contribution in [-0.4, -0.2) is 42.4 Å². The molecule has 0 saturated heterocycles. The number of nitrogens with zero attached hydrogens (tertiary/aromatic N) is 1. The van der Waals surface area contributed by atoms with Crippen LogP contribution in [0.25, 0.3) is 10.6 Å². The Balaban J connectivity index is 2.13. The van der Waals surface area contributed by atoms with Gasteiger partial charge < -0.3 is 19.9 Å². The smallest absolute Gasteiger partial charge is 0.322 e. The number of halogens is 2. The SMILES string of the molecule is COCOc1cc(F)c(-c2nc(CC(=O)NCC(=O)O)cs2)c(F)c1. The molecule has 0 spiro atoms. The second-order valence-electron chi connectivity index (χ2n) is 4.80. The minimum absolute atomic E-state index is 0.0228. The van der Waals surface area contributed by atoms with E-state index in [0.717, 1.165) is 23.5 Å². The van der Waals surface area contributed by atoms with E-state index in [4.69, 9.17) is 9.84 Å². The number of hydrogen-bond acceptors (Lipinski definition) is 6. The zero-order valence-corrected chi connectivity index (χ0v) is 13.9. The molecule has 1 aromatic carbocycles. The quantitative estimate of drug-likeness (QED) is 0.686. The summed E-state index contributed by atoms with van der Waals surface area (Å²) in [7, 11) is 1.38. The number of benzene rings is 1. The van der Waals surface area contributed by atoms with Crippen LogP contribution in [0, 0.1) is 11.6 Å². The van der Waals surface area contributed by atoms with Gasteiger partial charge in [0.1, 0.15) is 28.9 Å². The molecule has 1 heterocycles. The number of amides is 1. The van der Waals surface area contributed by atoms with Crippen molar-refractivity contribution in [1.82, 2.24) is 10.3 Å². The molecular formula is C15H14F2N2O5S. The number of nitrogens with one attached hydrogen (secondary N) is 1. The lowest BCUT2D eigenvalue weighted by atomic mass is 10.2. The molecule has 2 aromatic rings. The minimum atomic E-state index is -1.17. The first-order valence-electron chi connectivity index (χ1n) is 6.94. The van der Waals surface area contributed by atoms with Gasteiger partial charge in [-0.05, 0) is 0 Å². The second kappa shape index (κ2) is 8.49. The highest BCUT2D eigenvalue weighted by Crippen LogP contribution is 2.32. The Morgan fingerprint density at radius 1 is 1.32 bits per heavy atom. The highest BCUT2D eigenvalue weighted by atomic mass is 32.1. The first-order chi connectivity index (χ1) is 11.9. The first kappa shape index (κ1) is 18.7. The predicted molar refractivity (Wildman–Crippen MR) is 84.3 cm³/mol. The summed E-state index contributed by atoms with van der Waals surface area (Å²) >= 11 is 0.968. The summed E-state index contributed by atoms with van der Waals surface area (Å²) in [6.07, 6.45) is -0.192. The summed E-state index contributed by atoms with van der Waals surface area (Å²) in [5, 5.41) is 12.2. The van der Waals surface area contributed by atoms with Crippen LogP contribution in [0.4, 0.5) is 8.78 Å². The van der Waals surface area contributed by atoms with Crippen molar-refractivity contribution in [1.29, 1.82) is 0 Å². The number of hydrogen-bond donors (Lipinski definition) is 2. The van der Waals surface area contributed by atoms with Gasteiger partial charge in [-0.15, -0.1) is 11.3 Å². The largest absolute Gasteiger partial charge is 0.480 e. The lowest BCUT2D eigenvalue weighted by Crippen LogP contribution is -2.30. The summed E-state index contributed by atoms with van der Waals surface area (Å²) in [5.41, 5.74) is -0.0478. The van der Waals surface area contributed by atoms with Crippen molar-refractivity contribution in [2.75, 3.05) is 20.4 Å². The zero-order valence-electron chi connectivity index (χ0n) is 13.0. The Hall–Kier alpha value is -2.59. The topological polar surface area (TPSA) is 97.8 Å². The van der Waals surface area contributed by atoms with Crippen LogP contribution in [0.3, 0.4) is 0 Å². The van der Waals surface area contributed by atoms with E-state index >= 15 is 0 Å². The van der Waals surface area contributed by atoms with Crippen LogP contribution in [0.5, 0.6) is 5.75 Å². The number of aromatic nitrogens is 1. The van der Waals surface area contributed by atoms with Gasteiger partial charge in [0, 0.05) is 24.6 Å². The first-order valence-corrected chi connectivity index (χ1v) is 7.82. The van der Waals surface area contributed by atoms with Gasteiger partial charge in [-0.25, -0.2) is 13.8 Å². The van der Waals surface area contributed by atoms with Crippen molar-refractivity contribution in [3.63, 3.8) is 0 Å². The normalized spacial score (nSPS) is 10.5. The van der Waals surface area contributed by atoms with Gasteiger partial charge in [0.2, 0.25) is 5.91 Å². The fourth-order valence-electron chi connectivity index (χ4n) is 1.87. The van der Waals surface area contributed by atoms with Crippen molar-refractivity contribution in [3.05, 3.63) is 34.8 Å². The van der Waals surface area contributed by atoms with Crippen LogP contribution in [-0.2, 0) is 20.7 Å². The summed E-state index contributed by atoms with van der Waals surface area (Å²) in [6, 6.07) is 2.02. The maximum Gasteiger partial charge on any atom is 0.322 e. The van der Waals surface area contributed by atoms with Crippen LogP contribution in [0.2, 0.25) is 0 Å². The standard InChI is InChI=1S/C15H14F2N2O5S/c1-23-7-24-9-3-10(16)14(11(17)4-9)15-19-8(6-25-15)2-12(20)18-5-13(21)22/h3-4,6H,2,5,7H2,1H3,(H,18,20)(H,21,22). The van der Waals surface area contributed by atoms with E-state index in [9.17, 15) is 18.4 Å². The van der Waals surface area contributed by atoms with E-state index in [1.54, 1.807) is 0 Å². The molecule has 0 aliphatic carbocycles. The number of thiazole rings is 1. The number of aliphatic carboxylic acids is 1. The molecule has 0 fully saturated rings. The van der Waals surface area contributed by atoms with E-state index in [1.807, 2.05) is 0 Å². The fraction of sp³-hybridized carbons (Fsp3) is 0.267. The molecular weight excluding hydrogens is 358 g/mol. The molecule has 0 aliphatic rings. The van der Waals surface area contributed by atoms with Gasteiger partial charge in [-0.2, -0.15) is 0 Å². The van der Waals surface area contributed by atoms with E-state index in [0.29, 0.717) is 0 Å². The lowest BCUT2D eigenvalue weighted by Gasteiger charge is -2.07. The molecule has 2 rings (SSSR count). The summed E-state index contributed by atoms with van der Waals surface area (Å²) in [6.45, 7) is -0.660. The van der Waals surface area contributed by atoms with Crippen molar-refractivity contribution in [2.24, 2.45) is 0 Å². The molecule has 0 aliphatic heterocycles. The second-order valence-corrected chi connectivity index (χ2v) is 5.66. The molecule has 2 N–H and O–H groups in total. The molecule has 0 saturated carbocycles. The van der Waals surface area contributed by atoms with Crippen molar-refractivity contribution in [3.8, 4) is 16.3 Å². The Morgan fingerprint density at radius 2 is 2.00 bits per heavy atom. The molecule has 25 heavy (non-hydrogen) atoms. The number of carbonyl (C=O) groups is 2. The van der Waals surface area contributed by atoms with Gasteiger partial charge in [-0.3, -0.25) is 9.59 Å². The van der Waals surface area contributed by atoms with Crippen LogP contribution < -0.4 is 10.1 Å². The molecule has 1 amide bonds. The highest BCUT2D eigenvalue weighted by Gasteiger charge is 2.18. The summed E-state index contributed by atoms with van der Waals surface area (Å²) < 4.78 is 38.0. The number of rotatable bonds is 8. The molecule has 1 aromatic heterocycles.